The molecular formula is C10H16Cl2N2O2. The number of hydrogen-bond acceptors (Lipinski definition) is 4. The Labute approximate surface area is 108 Å². The molecule has 0 spiro atoms. The highest BCUT2D eigenvalue weighted by atomic mass is 35.5. The molecule has 0 aromatic carbocycles. The molecule has 4 nitrogen and oxygen atoms in total. The van der Waals surface area contributed by atoms with Crippen molar-refractivity contribution in [2.24, 2.45) is 0 Å². The largest absolute Gasteiger partial charge is 0.465 e. The van der Waals surface area contributed by atoms with Crippen molar-refractivity contribution >= 4 is 30.8 Å². The fourth-order valence-electron chi connectivity index (χ4n) is 1.19. The smallest absolute Gasteiger partial charge is 0.327 e. The van der Waals surface area contributed by atoms with Crippen LogP contribution in [-0.2, 0) is 9.53 Å². The van der Waals surface area contributed by atoms with Crippen molar-refractivity contribution in [3.8, 4) is 0 Å². The van der Waals surface area contributed by atoms with Crippen molar-refractivity contribution in [1.82, 2.24) is 10.3 Å². The van der Waals surface area contributed by atoms with E-state index in [0.29, 0.717) is 6.61 Å². The lowest BCUT2D eigenvalue weighted by atomic mass is 10.1. The van der Waals surface area contributed by atoms with Crippen LogP contribution in [0.1, 0.15) is 18.5 Å². The molecule has 1 aromatic rings. The highest BCUT2D eigenvalue weighted by Crippen LogP contribution is 2.12. The van der Waals surface area contributed by atoms with Gasteiger partial charge in [-0.05, 0) is 25.6 Å². The number of ether oxygens (including phenoxy) is 1. The Hall–Kier alpha value is -0.840. The number of halogens is 2. The second-order valence-electron chi connectivity index (χ2n) is 2.76. The van der Waals surface area contributed by atoms with Gasteiger partial charge in [-0.3, -0.25) is 4.98 Å². The maximum absolute atomic E-state index is 11.5. The minimum atomic E-state index is -0.427. The maximum Gasteiger partial charge on any atom is 0.327 e. The molecule has 1 rings (SSSR count). The summed E-state index contributed by atoms with van der Waals surface area (Å²) in [5.41, 5.74) is 0.813. The molecule has 0 radical (unpaired) electrons. The number of pyridine rings is 1. The number of esters is 1. The first-order chi connectivity index (χ1) is 6.79. The molecular weight excluding hydrogens is 251 g/mol. The van der Waals surface area contributed by atoms with Gasteiger partial charge in [0, 0.05) is 12.4 Å². The first-order valence-corrected chi connectivity index (χ1v) is 4.53. The van der Waals surface area contributed by atoms with Gasteiger partial charge in [-0.15, -0.1) is 24.8 Å². The maximum atomic E-state index is 11.5. The van der Waals surface area contributed by atoms with Crippen LogP contribution >= 0.6 is 24.8 Å². The van der Waals surface area contributed by atoms with Gasteiger partial charge in [0.25, 0.3) is 0 Å². The van der Waals surface area contributed by atoms with Gasteiger partial charge in [-0.2, -0.15) is 0 Å². The number of likely N-dealkylation sites (N-methyl/N-ethyl adjacent to an activating group) is 1. The van der Waals surface area contributed by atoms with Gasteiger partial charge >= 0.3 is 5.97 Å². The van der Waals surface area contributed by atoms with Crippen molar-refractivity contribution < 1.29 is 9.53 Å². The first-order valence-electron chi connectivity index (χ1n) is 4.53. The average Bonchev–Trinajstić information content (AvgIpc) is 2.21. The van der Waals surface area contributed by atoms with Crippen LogP contribution in [0.4, 0.5) is 0 Å². The summed E-state index contributed by atoms with van der Waals surface area (Å²) in [6.07, 6.45) is 3.32. The third kappa shape index (κ3) is 4.79. The topological polar surface area (TPSA) is 51.2 Å². The van der Waals surface area contributed by atoms with Gasteiger partial charge in [-0.25, -0.2) is 4.79 Å². The van der Waals surface area contributed by atoms with Gasteiger partial charge in [0.05, 0.1) is 6.61 Å². The molecule has 0 amide bonds. The van der Waals surface area contributed by atoms with Crippen LogP contribution in [0.15, 0.2) is 24.5 Å². The molecule has 92 valence electrons. The molecule has 0 fully saturated rings. The van der Waals surface area contributed by atoms with E-state index in [0.717, 1.165) is 5.56 Å². The molecule has 1 aromatic heterocycles. The molecule has 0 aliphatic heterocycles. The number of nitrogens with zero attached hydrogens (tertiary/aromatic N) is 1. The van der Waals surface area contributed by atoms with Crippen molar-refractivity contribution in [3.05, 3.63) is 30.1 Å². The molecule has 0 aliphatic carbocycles. The monoisotopic (exact) mass is 266 g/mol. The van der Waals surface area contributed by atoms with Crippen molar-refractivity contribution in [2.75, 3.05) is 13.7 Å². The van der Waals surface area contributed by atoms with Crippen molar-refractivity contribution in [1.29, 1.82) is 0 Å². The lowest BCUT2D eigenvalue weighted by Gasteiger charge is -2.13. The lowest BCUT2D eigenvalue weighted by Crippen LogP contribution is -2.27. The standard InChI is InChI=1S/C10H14N2O2.2ClH/c1-3-14-10(13)9(11-2)8-5-4-6-12-7-8;;/h4-7,9,11H,3H2,1-2H3;2*1H. The Bertz CT molecular complexity index is 296. The summed E-state index contributed by atoms with van der Waals surface area (Å²) >= 11 is 0. The van der Waals surface area contributed by atoms with E-state index in [1.807, 2.05) is 6.07 Å². The minimum absolute atomic E-state index is 0. The van der Waals surface area contributed by atoms with Gasteiger partial charge in [0.2, 0.25) is 0 Å². The number of carbonyl (C=O) groups excluding carboxylic acids is 1. The Balaban J connectivity index is 0. The van der Waals surface area contributed by atoms with E-state index in [1.54, 1.807) is 32.4 Å². The zero-order chi connectivity index (χ0) is 10.4. The zero-order valence-corrected chi connectivity index (χ0v) is 10.8. The Morgan fingerprint density at radius 3 is 2.69 bits per heavy atom. The van der Waals surface area contributed by atoms with E-state index < -0.39 is 6.04 Å². The zero-order valence-electron chi connectivity index (χ0n) is 9.17. The van der Waals surface area contributed by atoms with Crippen LogP contribution in [0.3, 0.4) is 0 Å². The normalized spacial score (nSPS) is 10.6. The molecule has 0 saturated carbocycles. The third-order valence-electron chi connectivity index (χ3n) is 1.83. The predicted octanol–water partition coefficient (Wildman–Crippen LogP) is 1.75. The highest BCUT2D eigenvalue weighted by Gasteiger charge is 2.19. The predicted molar refractivity (Wildman–Crippen MR) is 67.2 cm³/mol. The number of hydrogen-bond donors (Lipinski definition) is 1. The summed E-state index contributed by atoms with van der Waals surface area (Å²) < 4.78 is 4.92. The SMILES string of the molecule is CCOC(=O)C(NC)c1cccnc1.Cl.Cl. The van der Waals surface area contributed by atoms with Crippen molar-refractivity contribution in [2.45, 2.75) is 13.0 Å². The molecule has 1 atom stereocenters. The van der Waals surface area contributed by atoms with E-state index in [2.05, 4.69) is 10.3 Å². The van der Waals surface area contributed by atoms with Crippen LogP contribution < -0.4 is 5.32 Å². The number of nitrogens with one attached hydrogen (secondary N) is 1. The highest BCUT2D eigenvalue weighted by molar-refractivity contribution is 5.85. The summed E-state index contributed by atoms with van der Waals surface area (Å²) in [5.74, 6) is -0.275. The fraction of sp³-hybridized carbons (Fsp3) is 0.400. The van der Waals surface area contributed by atoms with Gasteiger partial charge in [0.1, 0.15) is 6.04 Å². The summed E-state index contributed by atoms with van der Waals surface area (Å²) in [4.78, 5) is 15.4. The number of aromatic nitrogens is 1. The first kappa shape index (κ1) is 17.6. The Kier molecular flexibility index (Phi) is 10.3. The van der Waals surface area contributed by atoms with Crippen LogP contribution in [0.5, 0.6) is 0 Å². The van der Waals surface area contributed by atoms with Crippen LogP contribution in [-0.4, -0.2) is 24.6 Å². The molecule has 1 unspecified atom stereocenters. The van der Waals surface area contributed by atoms with Gasteiger partial charge < -0.3 is 10.1 Å². The lowest BCUT2D eigenvalue weighted by molar-refractivity contribution is -0.145. The van der Waals surface area contributed by atoms with Crippen molar-refractivity contribution in [3.63, 3.8) is 0 Å². The Morgan fingerprint density at radius 2 is 2.25 bits per heavy atom. The quantitative estimate of drug-likeness (QED) is 0.844. The fourth-order valence-corrected chi connectivity index (χ4v) is 1.19. The average molecular weight is 267 g/mol. The van der Waals surface area contributed by atoms with Crippen LogP contribution in [0.25, 0.3) is 0 Å². The van der Waals surface area contributed by atoms with E-state index in [1.165, 1.54) is 0 Å². The molecule has 1 N–H and O–H groups in total. The third-order valence-corrected chi connectivity index (χ3v) is 1.83. The second kappa shape index (κ2) is 9.39. The molecule has 0 saturated heterocycles. The van der Waals surface area contributed by atoms with Gasteiger partial charge in [0.15, 0.2) is 0 Å². The minimum Gasteiger partial charge on any atom is -0.465 e. The van der Waals surface area contributed by atoms with Crippen LogP contribution in [0.2, 0.25) is 0 Å². The van der Waals surface area contributed by atoms with E-state index >= 15 is 0 Å². The molecule has 0 aliphatic rings. The molecule has 6 heteroatoms. The van der Waals surface area contributed by atoms with Gasteiger partial charge in [-0.1, -0.05) is 6.07 Å². The second-order valence-corrected chi connectivity index (χ2v) is 2.76. The summed E-state index contributed by atoms with van der Waals surface area (Å²) in [5, 5.41) is 2.89. The summed E-state index contributed by atoms with van der Waals surface area (Å²) in [6.45, 7) is 2.17. The number of rotatable bonds is 4. The summed E-state index contributed by atoms with van der Waals surface area (Å²) in [6, 6.07) is 3.20. The molecule has 16 heavy (non-hydrogen) atoms. The van der Waals surface area contributed by atoms with Crippen LogP contribution in [0, 0.1) is 0 Å². The molecule has 1 heterocycles. The Morgan fingerprint density at radius 1 is 1.56 bits per heavy atom. The summed E-state index contributed by atoms with van der Waals surface area (Å²) in [7, 11) is 1.72. The van der Waals surface area contributed by atoms with E-state index in [9.17, 15) is 4.79 Å². The number of carbonyl (C=O) groups is 1. The van der Waals surface area contributed by atoms with E-state index in [-0.39, 0.29) is 30.8 Å². The molecule has 0 bridgehead atoms. The van der Waals surface area contributed by atoms with E-state index in [4.69, 9.17) is 4.74 Å².